The van der Waals surface area contributed by atoms with Gasteiger partial charge >= 0.3 is 0 Å². The smallest absolute Gasteiger partial charge is 0.119 e. The van der Waals surface area contributed by atoms with Crippen molar-refractivity contribution in [3.05, 3.63) is 41.7 Å². The van der Waals surface area contributed by atoms with Crippen LogP contribution in [-0.4, -0.2) is 40.9 Å². The third-order valence-electron chi connectivity index (χ3n) is 4.46. The minimum absolute atomic E-state index is 0.483. The second-order valence-electron chi connectivity index (χ2n) is 6.05. The zero-order chi connectivity index (χ0) is 16.1. The van der Waals surface area contributed by atoms with E-state index in [1.54, 1.807) is 10.9 Å². The molecule has 0 N–H and O–H groups in total. The topological polar surface area (TPSA) is 30.3 Å². The third kappa shape index (κ3) is 3.91. The van der Waals surface area contributed by atoms with Crippen LogP contribution in [-0.2, 0) is 6.67 Å². The van der Waals surface area contributed by atoms with Gasteiger partial charge in [0, 0.05) is 17.8 Å². The van der Waals surface area contributed by atoms with Gasteiger partial charge in [0.05, 0.1) is 11.9 Å². The van der Waals surface area contributed by atoms with Gasteiger partial charge in [0.2, 0.25) is 0 Å². The highest BCUT2D eigenvalue weighted by atomic mass is 19.1. The lowest BCUT2D eigenvalue weighted by Crippen LogP contribution is -2.33. The van der Waals surface area contributed by atoms with Crippen molar-refractivity contribution in [2.45, 2.75) is 32.9 Å². The number of rotatable bonds is 6. The molecule has 0 bridgehead atoms. The minimum atomic E-state index is -0.483. The van der Waals surface area contributed by atoms with Crippen LogP contribution in [0.1, 0.15) is 30.5 Å². The summed E-state index contributed by atoms with van der Waals surface area (Å²) in [7, 11) is 0. The first-order chi connectivity index (χ1) is 11.3. The lowest BCUT2D eigenvalue weighted by molar-refractivity contribution is 0.183. The molecule has 23 heavy (non-hydrogen) atoms. The van der Waals surface area contributed by atoms with E-state index in [1.807, 2.05) is 31.2 Å². The lowest BCUT2D eigenvalue weighted by Gasteiger charge is -2.26. The number of piperidine rings is 1. The maximum atomic E-state index is 12.8. The number of aromatic nitrogens is 2. The van der Waals surface area contributed by atoms with E-state index < -0.39 is 6.67 Å². The van der Waals surface area contributed by atoms with E-state index in [0.29, 0.717) is 12.2 Å². The first kappa shape index (κ1) is 16.0. The number of ether oxygens (including phenoxy) is 1. The maximum Gasteiger partial charge on any atom is 0.119 e. The van der Waals surface area contributed by atoms with E-state index in [2.05, 4.69) is 10.00 Å². The molecule has 0 saturated carbocycles. The predicted molar refractivity (Wildman–Crippen MR) is 88.9 cm³/mol. The van der Waals surface area contributed by atoms with Gasteiger partial charge in [-0.05, 0) is 57.1 Å². The summed E-state index contributed by atoms with van der Waals surface area (Å²) in [6, 6.07) is 7.81. The molecule has 5 heteroatoms. The number of benzene rings is 1. The van der Waals surface area contributed by atoms with Gasteiger partial charge in [0.1, 0.15) is 19.0 Å². The molecular weight excluding hydrogens is 293 g/mol. The number of hydrogen-bond acceptors (Lipinski definition) is 3. The van der Waals surface area contributed by atoms with Gasteiger partial charge in [-0.2, -0.15) is 5.10 Å². The number of likely N-dealkylation sites (tertiary alicyclic amines) is 1. The monoisotopic (exact) mass is 317 g/mol. The summed E-state index contributed by atoms with van der Waals surface area (Å²) in [5, 5.41) is 4.24. The molecule has 1 aliphatic rings. The zero-order valence-electron chi connectivity index (χ0n) is 13.7. The van der Waals surface area contributed by atoms with Gasteiger partial charge in [-0.15, -0.1) is 0 Å². The average Bonchev–Trinajstić information content (AvgIpc) is 2.97. The van der Waals surface area contributed by atoms with Gasteiger partial charge in [-0.1, -0.05) is 6.42 Å². The molecule has 1 aromatic heterocycles. The molecule has 0 unspecified atom stereocenters. The first-order valence-electron chi connectivity index (χ1n) is 8.33. The van der Waals surface area contributed by atoms with E-state index in [-0.39, 0.29) is 0 Å². The molecule has 1 saturated heterocycles. The molecule has 1 fully saturated rings. The number of alkyl halides is 1. The van der Waals surface area contributed by atoms with Crippen molar-refractivity contribution >= 4 is 0 Å². The van der Waals surface area contributed by atoms with Crippen LogP contribution in [0.4, 0.5) is 4.39 Å². The van der Waals surface area contributed by atoms with E-state index in [9.17, 15) is 4.39 Å². The van der Waals surface area contributed by atoms with Crippen LogP contribution in [0.25, 0.3) is 5.69 Å². The van der Waals surface area contributed by atoms with E-state index >= 15 is 0 Å². The van der Waals surface area contributed by atoms with Crippen molar-refractivity contribution < 1.29 is 9.13 Å². The molecular formula is C18H24FN3O. The molecule has 124 valence electrons. The van der Waals surface area contributed by atoms with Crippen molar-refractivity contribution in [2.24, 2.45) is 0 Å². The third-order valence-corrected chi connectivity index (χ3v) is 4.46. The molecule has 2 heterocycles. The van der Waals surface area contributed by atoms with Crippen molar-refractivity contribution in [1.29, 1.82) is 0 Å². The van der Waals surface area contributed by atoms with Gasteiger partial charge in [0.15, 0.2) is 0 Å². The molecule has 1 aliphatic heterocycles. The molecule has 2 aromatic rings. The minimum Gasteiger partial charge on any atom is -0.492 e. The van der Waals surface area contributed by atoms with Crippen LogP contribution < -0.4 is 4.74 Å². The fourth-order valence-corrected chi connectivity index (χ4v) is 2.99. The molecule has 0 atom stereocenters. The SMILES string of the molecule is Cc1c(CF)cnn1-c1ccc(OCCN2CCCCC2)cc1. The molecule has 0 radical (unpaired) electrons. The zero-order valence-corrected chi connectivity index (χ0v) is 13.7. The van der Waals surface area contributed by atoms with Crippen LogP contribution in [0.5, 0.6) is 5.75 Å². The summed E-state index contributed by atoms with van der Waals surface area (Å²) in [6.45, 7) is 5.48. The maximum absolute atomic E-state index is 12.8. The largest absolute Gasteiger partial charge is 0.492 e. The Morgan fingerprint density at radius 3 is 2.52 bits per heavy atom. The standard InChI is InChI=1S/C18H24FN3O/c1-15-16(13-19)14-20-22(15)17-5-7-18(8-6-17)23-12-11-21-9-3-2-4-10-21/h5-8,14H,2-4,9-13H2,1H3. The van der Waals surface area contributed by atoms with Gasteiger partial charge in [0.25, 0.3) is 0 Å². The van der Waals surface area contributed by atoms with Gasteiger partial charge in [-0.3, -0.25) is 4.90 Å². The highest BCUT2D eigenvalue weighted by Gasteiger charge is 2.10. The average molecular weight is 317 g/mol. The lowest BCUT2D eigenvalue weighted by atomic mass is 10.1. The number of hydrogen-bond donors (Lipinski definition) is 0. The Hall–Kier alpha value is -1.88. The summed E-state index contributed by atoms with van der Waals surface area (Å²) in [5.74, 6) is 0.862. The molecule has 3 rings (SSSR count). The van der Waals surface area contributed by atoms with E-state index in [4.69, 9.17) is 4.74 Å². The second kappa shape index (κ2) is 7.59. The van der Waals surface area contributed by atoms with Crippen LogP contribution in [0.2, 0.25) is 0 Å². The number of nitrogens with zero attached hydrogens (tertiary/aromatic N) is 3. The summed E-state index contributed by atoms with van der Waals surface area (Å²) in [4.78, 5) is 2.46. The van der Waals surface area contributed by atoms with Crippen LogP contribution >= 0.6 is 0 Å². The summed E-state index contributed by atoms with van der Waals surface area (Å²) in [6.07, 6.45) is 5.55. The highest BCUT2D eigenvalue weighted by Crippen LogP contribution is 2.18. The van der Waals surface area contributed by atoms with E-state index in [0.717, 1.165) is 23.7 Å². The molecule has 1 aromatic carbocycles. The van der Waals surface area contributed by atoms with Crippen LogP contribution in [0, 0.1) is 6.92 Å². The molecule has 4 nitrogen and oxygen atoms in total. The second-order valence-corrected chi connectivity index (χ2v) is 6.05. The Kier molecular flexibility index (Phi) is 5.28. The summed E-state index contributed by atoms with van der Waals surface area (Å²) < 4.78 is 20.4. The Bertz CT molecular complexity index is 618. The molecule has 0 amide bonds. The Labute approximate surface area is 136 Å². The van der Waals surface area contributed by atoms with Crippen molar-refractivity contribution in [2.75, 3.05) is 26.2 Å². The normalized spacial score (nSPS) is 15.7. The summed E-state index contributed by atoms with van der Waals surface area (Å²) >= 11 is 0. The summed E-state index contributed by atoms with van der Waals surface area (Å²) in [5.41, 5.74) is 2.39. The highest BCUT2D eigenvalue weighted by molar-refractivity contribution is 5.39. The van der Waals surface area contributed by atoms with Crippen LogP contribution in [0.15, 0.2) is 30.5 Å². The van der Waals surface area contributed by atoms with Gasteiger partial charge < -0.3 is 4.74 Å². The Morgan fingerprint density at radius 1 is 1.13 bits per heavy atom. The predicted octanol–water partition coefficient (Wildman–Crippen LogP) is 3.51. The van der Waals surface area contributed by atoms with Crippen molar-refractivity contribution in [3.63, 3.8) is 0 Å². The van der Waals surface area contributed by atoms with Crippen LogP contribution in [0.3, 0.4) is 0 Å². The fraction of sp³-hybridized carbons (Fsp3) is 0.500. The van der Waals surface area contributed by atoms with Crippen molar-refractivity contribution in [1.82, 2.24) is 14.7 Å². The number of halogens is 1. The quantitative estimate of drug-likeness (QED) is 0.817. The van der Waals surface area contributed by atoms with Crippen molar-refractivity contribution in [3.8, 4) is 11.4 Å². The fourth-order valence-electron chi connectivity index (χ4n) is 2.99. The molecule has 0 aliphatic carbocycles. The first-order valence-corrected chi connectivity index (χ1v) is 8.33. The Morgan fingerprint density at radius 2 is 1.87 bits per heavy atom. The van der Waals surface area contributed by atoms with E-state index in [1.165, 1.54) is 32.4 Å². The molecule has 0 spiro atoms. The van der Waals surface area contributed by atoms with Gasteiger partial charge in [-0.25, -0.2) is 9.07 Å². The Balaban J connectivity index is 1.55.